The summed E-state index contributed by atoms with van der Waals surface area (Å²) in [5, 5.41) is 8.93. The van der Waals surface area contributed by atoms with Crippen LogP contribution in [0.4, 0.5) is 0 Å². The minimum absolute atomic E-state index is 0.664. The fourth-order valence-electron chi connectivity index (χ4n) is 4.13. The molecule has 0 spiro atoms. The lowest BCUT2D eigenvalue weighted by Crippen LogP contribution is -2.12. The molecule has 0 saturated heterocycles. The van der Waals surface area contributed by atoms with Gasteiger partial charge in [-0.25, -0.2) is 0 Å². The van der Waals surface area contributed by atoms with Crippen LogP contribution in [0.5, 0.6) is 0 Å². The number of benzene rings is 2. The van der Waals surface area contributed by atoms with E-state index in [0.29, 0.717) is 5.92 Å². The van der Waals surface area contributed by atoms with Crippen LogP contribution >= 0.6 is 0 Å². The molecule has 1 fully saturated rings. The number of hydrogen-bond acceptors (Lipinski definition) is 1. The average molecular weight is 332 g/mol. The third kappa shape index (κ3) is 4.73. The molecule has 130 valence electrons. The molecule has 1 heteroatoms. The minimum atomic E-state index is 0.664. The monoisotopic (exact) mass is 331 g/mol. The molecule has 0 bridgehead atoms. The number of unbranched alkanes of at least 4 members (excludes halogenated alkanes) is 2. The Balaban J connectivity index is 1.53. The van der Waals surface area contributed by atoms with E-state index < -0.39 is 0 Å². The minimum Gasteiger partial charge on any atom is -0.192 e. The molecule has 0 aliphatic heterocycles. The molecule has 2 aromatic rings. The Hall–Kier alpha value is -2.07. The molecule has 2 aromatic carbocycles. The first-order valence-corrected chi connectivity index (χ1v) is 9.89. The van der Waals surface area contributed by atoms with Gasteiger partial charge in [-0.2, -0.15) is 5.26 Å². The summed E-state index contributed by atoms with van der Waals surface area (Å²) in [5.41, 5.74) is 5.18. The Morgan fingerprint density at radius 1 is 0.800 bits per heavy atom. The Morgan fingerprint density at radius 2 is 1.32 bits per heavy atom. The van der Waals surface area contributed by atoms with Crippen LogP contribution in [-0.4, -0.2) is 0 Å². The molecule has 1 nitrogen and oxygen atoms in total. The van der Waals surface area contributed by atoms with Crippen molar-refractivity contribution >= 4 is 0 Å². The zero-order valence-corrected chi connectivity index (χ0v) is 15.4. The number of nitriles is 1. The van der Waals surface area contributed by atoms with Crippen molar-refractivity contribution in [1.82, 2.24) is 0 Å². The Bertz CT molecular complexity index is 682. The largest absolute Gasteiger partial charge is 0.192 e. The van der Waals surface area contributed by atoms with Gasteiger partial charge in [0.1, 0.15) is 0 Å². The molecule has 0 N–H and O–H groups in total. The molecule has 1 saturated carbocycles. The Morgan fingerprint density at radius 3 is 1.80 bits per heavy atom. The van der Waals surface area contributed by atoms with Crippen molar-refractivity contribution in [2.75, 3.05) is 0 Å². The van der Waals surface area contributed by atoms with Crippen LogP contribution in [-0.2, 0) is 6.42 Å². The zero-order valence-electron chi connectivity index (χ0n) is 15.4. The van der Waals surface area contributed by atoms with E-state index in [4.69, 9.17) is 5.26 Å². The van der Waals surface area contributed by atoms with Gasteiger partial charge in [0.25, 0.3) is 0 Å². The second-order valence-corrected chi connectivity index (χ2v) is 7.48. The van der Waals surface area contributed by atoms with Gasteiger partial charge in [0.15, 0.2) is 0 Å². The Kier molecular flexibility index (Phi) is 6.29. The topological polar surface area (TPSA) is 23.8 Å². The maximum Gasteiger partial charge on any atom is 0.0991 e. The van der Waals surface area contributed by atoms with Crippen LogP contribution in [0.1, 0.15) is 86.0 Å². The highest BCUT2D eigenvalue weighted by atomic mass is 14.3. The molecular weight excluding hydrogens is 302 g/mol. The third-order valence-corrected chi connectivity index (χ3v) is 5.76. The first-order chi connectivity index (χ1) is 12.3. The molecule has 1 aliphatic rings. The molecule has 3 rings (SSSR count). The lowest BCUT2D eigenvalue weighted by molar-refractivity contribution is 0.396. The summed E-state index contributed by atoms with van der Waals surface area (Å²) >= 11 is 0. The van der Waals surface area contributed by atoms with Gasteiger partial charge in [-0.15, -0.1) is 0 Å². The summed E-state index contributed by atoms with van der Waals surface area (Å²) in [5.74, 6) is 1.39. The summed E-state index contributed by atoms with van der Waals surface area (Å²) in [4.78, 5) is 0. The molecule has 0 heterocycles. The summed E-state index contributed by atoms with van der Waals surface area (Å²) < 4.78 is 0. The van der Waals surface area contributed by atoms with E-state index in [0.717, 1.165) is 11.5 Å². The van der Waals surface area contributed by atoms with Crippen LogP contribution in [0.25, 0.3) is 0 Å². The van der Waals surface area contributed by atoms with Gasteiger partial charge >= 0.3 is 0 Å². The highest BCUT2D eigenvalue weighted by molar-refractivity contribution is 5.33. The highest BCUT2D eigenvalue weighted by Crippen LogP contribution is 2.40. The van der Waals surface area contributed by atoms with Gasteiger partial charge in [0.2, 0.25) is 0 Å². The maximum atomic E-state index is 8.93. The number of nitrogens with zero attached hydrogens (tertiary/aromatic N) is 1. The molecule has 0 unspecified atom stereocenters. The number of hydrogen-bond donors (Lipinski definition) is 0. The van der Waals surface area contributed by atoms with Gasteiger partial charge in [-0.3, -0.25) is 0 Å². The number of aryl methyl sites for hydroxylation is 1. The quantitative estimate of drug-likeness (QED) is 0.538. The normalized spacial score (nSPS) is 20.2. The van der Waals surface area contributed by atoms with E-state index >= 15 is 0 Å². The van der Waals surface area contributed by atoms with Gasteiger partial charge in [-0.05, 0) is 79.2 Å². The molecule has 1 aliphatic carbocycles. The van der Waals surface area contributed by atoms with Crippen molar-refractivity contribution in [2.45, 2.75) is 70.1 Å². The molecular formula is C24H29N. The van der Waals surface area contributed by atoms with Gasteiger partial charge in [0.05, 0.1) is 11.6 Å². The Labute approximate surface area is 152 Å². The SMILES string of the molecule is CCCCCc1ccc(C2CCC(c3ccc(C#N)cc3)CC2)cc1. The van der Waals surface area contributed by atoms with Crippen LogP contribution in [0.2, 0.25) is 0 Å². The first-order valence-electron chi connectivity index (χ1n) is 9.89. The van der Waals surface area contributed by atoms with E-state index in [2.05, 4.69) is 49.4 Å². The van der Waals surface area contributed by atoms with Crippen molar-refractivity contribution in [3.63, 3.8) is 0 Å². The molecule has 25 heavy (non-hydrogen) atoms. The molecule has 0 atom stereocenters. The lowest BCUT2D eigenvalue weighted by Gasteiger charge is -2.29. The maximum absolute atomic E-state index is 8.93. The highest BCUT2D eigenvalue weighted by Gasteiger charge is 2.23. The van der Waals surface area contributed by atoms with E-state index in [1.165, 1.54) is 68.1 Å². The standard InChI is InChI=1S/C24H29N/c1-2-3-4-5-19-6-10-21(11-7-19)23-14-16-24(17-15-23)22-12-8-20(18-25)9-13-22/h6-13,23-24H,2-5,14-17H2,1H3. The first kappa shape index (κ1) is 17.7. The van der Waals surface area contributed by atoms with Crippen LogP contribution in [0.3, 0.4) is 0 Å². The second-order valence-electron chi connectivity index (χ2n) is 7.48. The van der Waals surface area contributed by atoms with E-state index in [-0.39, 0.29) is 0 Å². The third-order valence-electron chi connectivity index (χ3n) is 5.76. The predicted octanol–water partition coefficient (Wildman–Crippen LogP) is 6.73. The fraction of sp³-hybridized carbons (Fsp3) is 0.458. The molecule has 0 aromatic heterocycles. The van der Waals surface area contributed by atoms with Crippen LogP contribution in [0, 0.1) is 11.3 Å². The van der Waals surface area contributed by atoms with Crippen molar-refractivity contribution in [3.05, 3.63) is 70.8 Å². The van der Waals surface area contributed by atoms with Crippen LogP contribution in [0.15, 0.2) is 48.5 Å². The van der Waals surface area contributed by atoms with Gasteiger partial charge in [-0.1, -0.05) is 56.2 Å². The summed E-state index contributed by atoms with van der Waals surface area (Å²) in [6, 6.07) is 19.8. The lowest BCUT2D eigenvalue weighted by atomic mass is 9.76. The molecule has 0 amide bonds. The number of rotatable bonds is 6. The zero-order chi connectivity index (χ0) is 17.5. The van der Waals surface area contributed by atoms with Crippen LogP contribution < -0.4 is 0 Å². The van der Waals surface area contributed by atoms with Crippen molar-refractivity contribution in [2.24, 2.45) is 0 Å². The van der Waals surface area contributed by atoms with E-state index in [1.807, 2.05) is 12.1 Å². The van der Waals surface area contributed by atoms with Gasteiger partial charge < -0.3 is 0 Å². The fourth-order valence-corrected chi connectivity index (χ4v) is 4.13. The van der Waals surface area contributed by atoms with Gasteiger partial charge in [0, 0.05) is 0 Å². The smallest absolute Gasteiger partial charge is 0.0991 e. The predicted molar refractivity (Wildman–Crippen MR) is 105 cm³/mol. The van der Waals surface area contributed by atoms with Crippen molar-refractivity contribution in [3.8, 4) is 6.07 Å². The second kappa shape index (κ2) is 8.86. The van der Waals surface area contributed by atoms with Crippen molar-refractivity contribution < 1.29 is 0 Å². The van der Waals surface area contributed by atoms with E-state index in [1.54, 1.807) is 0 Å². The molecule has 0 radical (unpaired) electrons. The van der Waals surface area contributed by atoms with Crippen molar-refractivity contribution in [1.29, 1.82) is 5.26 Å². The summed E-state index contributed by atoms with van der Waals surface area (Å²) in [7, 11) is 0. The summed E-state index contributed by atoms with van der Waals surface area (Å²) in [6.07, 6.45) is 10.2. The van der Waals surface area contributed by atoms with E-state index in [9.17, 15) is 0 Å². The summed E-state index contributed by atoms with van der Waals surface area (Å²) in [6.45, 7) is 2.26. The average Bonchev–Trinajstić information content (AvgIpc) is 2.69.